The van der Waals surface area contributed by atoms with Gasteiger partial charge in [0.25, 0.3) is 0 Å². The molecule has 1 unspecified atom stereocenters. The molecule has 0 radical (unpaired) electrons. The van der Waals surface area contributed by atoms with E-state index in [1.807, 2.05) is 0 Å². The lowest BCUT2D eigenvalue weighted by molar-refractivity contribution is -0.142. The molecule has 1 aliphatic heterocycles. The molecule has 0 bridgehead atoms. The summed E-state index contributed by atoms with van der Waals surface area (Å²) in [5, 5.41) is 2.58. The van der Waals surface area contributed by atoms with Gasteiger partial charge in [0.05, 0.1) is 0 Å². The Bertz CT molecular complexity index is 879. The first-order chi connectivity index (χ1) is 12.8. The van der Waals surface area contributed by atoms with Gasteiger partial charge in [-0.2, -0.15) is 0 Å². The Hall–Kier alpha value is -3.29. The number of benzene rings is 2. The molecule has 140 valence electrons. The van der Waals surface area contributed by atoms with Gasteiger partial charge in [0.15, 0.2) is 0 Å². The highest BCUT2D eigenvalue weighted by molar-refractivity contribution is 6.08. The summed E-state index contributed by atoms with van der Waals surface area (Å²) in [6.45, 7) is 1.53. The molecular formula is C19H16F2N2O4. The minimum Gasteiger partial charge on any atom is -0.426 e. The van der Waals surface area contributed by atoms with Gasteiger partial charge < -0.3 is 15.0 Å². The number of halogens is 2. The van der Waals surface area contributed by atoms with Crippen LogP contribution < -0.4 is 15.0 Å². The summed E-state index contributed by atoms with van der Waals surface area (Å²) in [6, 6.07) is 8.88. The van der Waals surface area contributed by atoms with E-state index in [1.54, 1.807) is 12.1 Å². The van der Waals surface area contributed by atoms with Crippen molar-refractivity contribution in [3.63, 3.8) is 0 Å². The van der Waals surface area contributed by atoms with E-state index in [2.05, 4.69) is 5.32 Å². The predicted octanol–water partition coefficient (Wildman–Crippen LogP) is 2.88. The summed E-state index contributed by atoms with van der Waals surface area (Å²) in [4.78, 5) is 36.9. The van der Waals surface area contributed by atoms with Crippen LogP contribution in [0.25, 0.3) is 0 Å². The highest BCUT2D eigenvalue weighted by atomic mass is 19.1. The zero-order valence-electron chi connectivity index (χ0n) is 14.4. The number of carbonyl (C=O) groups excluding carboxylic acids is 3. The largest absolute Gasteiger partial charge is 0.426 e. The smallest absolute Gasteiger partial charge is 0.323 e. The predicted molar refractivity (Wildman–Crippen MR) is 93.2 cm³/mol. The van der Waals surface area contributed by atoms with Crippen LogP contribution in [0.3, 0.4) is 0 Å². The van der Waals surface area contributed by atoms with E-state index in [4.69, 9.17) is 4.74 Å². The Morgan fingerprint density at radius 1 is 1.11 bits per heavy atom. The Labute approximate surface area is 153 Å². The summed E-state index contributed by atoms with van der Waals surface area (Å²) < 4.78 is 31.9. The second-order valence-electron chi connectivity index (χ2n) is 6.09. The van der Waals surface area contributed by atoms with Crippen molar-refractivity contribution in [1.82, 2.24) is 0 Å². The quantitative estimate of drug-likeness (QED) is 0.507. The van der Waals surface area contributed by atoms with E-state index >= 15 is 0 Å². The van der Waals surface area contributed by atoms with Crippen molar-refractivity contribution in [2.45, 2.75) is 13.3 Å². The van der Waals surface area contributed by atoms with Crippen LogP contribution >= 0.6 is 0 Å². The first kappa shape index (κ1) is 18.5. The average molecular weight is 374 g/mol. The van der Waals surface area contributed by atoms with Crippen molar-refractivity contribution in [3.05, 3.63) is 54.1 Å². The molecule has 0 spiro atoms. The van der Waals surface area contributed by atoms with Crippen LogP contribution in [0.1, 0.15) is 13.3 Å². The molecule has 0 aliphatic carbocycles. The lowest BCUT2D eigenvalue weighted by atomic mass is 10.1. The van der Waals surface area contributed by atoms with E-state index in [1.165, 1.54) is 19.1 Å². The molecule has 1 N–H and O–H groups in total. The molecule has 1 atom stereocenters. The second kappa shape index (κ2) is 7.53. The summed E-state index contributed by atoms with van der Waals surface area (Å²) in [7, 11) is 0. The number of hydrogen-bond donors (Lipinski definition) is 1. The summed E-state index contributed by atoms with van der Waals surface area (Å²) in [5.41, 5.74) is 0.603. The first-order valence-electron chi connectivity index (χ1n) is 8.20. The van der Waals surface area contributed by atoms with Crippen LogP contribution in [0.4, 0.5) is 20.2 Å². The number of rotatable bonds is 4. The number of nitrogens with zero attached hydrogens (tertiary/aromatic N) is 1. The molecular weight excluding hydrogens is 358 g/mol. The molecule has 27 heavy (non-hydrogen) atoms. The highest BCUT2D eigenvalue weighted by Gasteiger charge is 2.39. The van der Waals surface area contributed by atoms with E-state index in [9.17, 15) is 23.2 Å². The second-order valence-corrected chi connectivity index (χ2v) is 6.09. The molecule has 0 aromatic heterocycles. The summed E-state index contributed by atoms with van der Waals surface area (Å²) in [6.07, 6.45) is 0.180. The third-order valence-electron chi connectivity index (χ3n) is 4.04. The zero-order valence-corrected chi connectivity index (χ0v) is 14.4. The van der Waals surface area contributed by atoms with Crippen LogP contribution in [-0.4, -0.2) is 24.3 Å². The third kappa shape index (κ3) is 4.28. The number of hydrogen-bond acceptors (Lipinski definition) is 4. The van der Waals surface area contributed by atoms with E-state index < -0.39 is 29.4 Å². The van der Waals surface area contributed by atoms with Crippen LogP contribution in [0.2, 0.25) is 0 Å². The molecule has 2 amide bonds. The van der Waals surface area contributed by atoms with Crippen LogP contribution in [-0.2, 0) is 14.4 Å². The third-order valence-corrected chi connectivity index (χ3v) is 4.04. The summed E-state index contributed by atoms with van der Waals surface area (Å²) >= 11 is 0. The number of anilines is 2. The minimum absolute atomic E-state index is 0.0625. The van der Waals surface area contributed by atoms with Crippen molar-refractivity contribution in [3.8, 4) is 5.75 Å². The van der Waals surface area contributed by atoms with Crippen molar-refractivity contribution >= 4 is 29.2 Å². The number of amides is 2. The van der Waals surface area contributed by atoms with Gasteiger partial charge in [0.2, 0.25) is 11.8 Å². The van der Waals surface area contributed by atoms with Gasteiger partial charge >= 0.3 is 5.97 Å². The molecule has 1 saturated heterocycles. The fraction of sp³-hybridized carbons (Fsp3) is 0.211. The molecule has 2 aromatic rings. The van der Waals surface area contributed by atoms with E-state index in [0.717, 1.165) is 17.0 Å². The molecule has 1 heterocycles. The molecule has 1 fully saturated rings. The van der Waals surface area contributed by atoms with Crippen LogP contribution in [0.5, 0.6) is 5.75 Å². The van der Waals surface area contributed by atoms with Gasteiger partial charge in [-0.3, -0.25) is 14.4 Å². The molecule has 3 rings (SSSR count). The van der Waals surface area contributed by atoms with Gasteiger partial charge in [-0.1, -0.05) is 0 Å². The Morgan fingerprint density at radius 2 is 1.74 bits per heavy atom. The molecule has 2 aromatic carbocycles. The fourth-order valence-corrected chi connectivity index (χ4v) is 2.85. The SMILES string of the molecule is CC(=O)Nc1ccc(OC(=O)C2CCN(c3cc(F)cc(F)c3)C2=O)cc1. The normalized spacial score (nSPS) is 16.3. The Kier molecular flexibility index (Phi) is 5.16. The molecule has 8 heteroatoms. The van der Waals surface area contributed by atoms with Crippen LogP contribution in [0.15, 0.2) is 42.5 Å². The maximum atomic E-state index is 13.4. The Morgan fingerprint density at radius 3 is 2.33 bits per heavy atom. The maximum Gasteiger partial charge on any atom is 0.323 e. The minimum atomic E-state index is -1.05. The Balaban J connectivity index is 1.67. The van der Waals surface area contributed by atoms with Gasteiger partial charge in [-0.15, -0.1) is 0 Å². The van der Waals surface area contributed by atoms with Gasteiger partial charge in [0, 0.05) is 30.9 Å². The standard InChI is InChI=1S/C19H16F2N2O4/c1-11(24)22-14-2-4-16(5-3-14)27-19(26)17-6-7-23(18(17)25)15-9-12(20)8-13(21)10-15/h2-5,8-10,17H,6-7H2,1H3,(H,22,24). The number of esters is 1. The van der Waals surface area contributed by atoms with Gasteiger partial charge in [0.1, 0.15) is 23.3 Å². The van der Waals surface area contributed by atoms with Gasteiger partial charge in [-0.25, -0.2) is 8.78 Å². The van der Waals surface area contributed by atoms with Gasteiger partial charge in [-0.05, 0) is 42.8 Å². The number of ether oxygens (including phenoxy) is 1. The van der Waals surface area contributed by atoms with Crippen molar-refractivity contribution in [2.24, 2.45) is 5.92 Å². The van der Waals surface area contributed by atoms with Crippen LogP contribution in [0, 0.1) is 17.6 Å². The number of carbonyl (C=O) groups is 3. The molecule has 6 nitrogen and oxygen atoms in total. The summed E-state index contributed by atoms with van der Waals surface area (Å²) in [5.74, 6) is -3.98. The topological polar surface area (TPSA) is 75.7 Å². The van der Waals surface area contributed by atoms with Crippen molar-refractivity contribution in [1.29, 1.82) is 0 Å². The fourth-order valence-electron chi connectivity index (χ4n) is 2.85. The lowest BCUT2D eigenvalue weighted by Crippen LogP contribution is -2.32. The van der Waals surface area contributed by atoms with Crippen molar-refractivity contribution in [2.75, 3.05) is 16.8 Å². The van der Waals surface area contributed by atoms with Crippen molar-refractivity contribution < 1.29 is 27.9 Å². The zero-order chi connectivity index (χ0) is 19.6. The first-order valence-corrected chi connectivity index (χ1v) is 8.20. The monoisotopic (exact) mass is 374 g/mol. The maximum absolute atomic E-state index is 13.4. The average Bonchev–Trinajstić information content (AvgIpc) is 2.97. The number of nitrogens with one attached hydrogen (secondary N) is 1. The molecule has 1 aliphatic rings. The lowest BCUT2D eigenvalue weighted by Gasteiger charge is -2.16. The highest BCUT2D eigenvalue weighted by Crippen LogP contribution is 2.28. The van der Waals surface area contributed by atoms with E-state index in [0.29, 0.717) is 11.8 Å². The molecule has 0 saturated carbocycles. The van der Waals surface area contributed by atoms with E-state index in [-0.39, 0.29) is 30.3 Å².